The van der Waals surface area contributed by atoms with Crippen LogP contribution in [-0.2, 0) is 11.2 Å². The average Bonchev–Trinajstić information content (AvgIpc) is 2.45. The summed E-state index contributed by atoms with van der Waals surface area (Å²) in [6.07, 6.45) is 5.15. The van der Waals surface area contributed by atoms with Gasteiger partial charge in [0.25, 0.3) is 0 Å². The molecule has 0 spiro atoms. The summed E-state index contributed by atoms with van der Waals surface area (Å²) in [5.74, 6) is 0.0457. The molecule has 24 heavy (non-hydrogen) atoms. The third kappa shape index (κ3) is 3.22. The van der Waals surface area contributed by atoms with Crippen LogP contribution in [0.5, 0.6) is 0 Å². The number of carbonyl (C=O) groups excluding carboxylic acids is 1. The summed E-state index contributed by atoms with van der Waals surface area (Å²) < 4.78 is 0. The number of benzene rings is 1. The highest BCUT2D eigenvalue weighted by atomic mass is 16.3. The molecule has 0 bridgehead atoms. The van der Waals surface area contributed by atoms with Crippen LogP contribution in [0.4, 0.5) is 0 Å². The molecule has 4 heteroatoms. The van der Waals surface area contributed by atoms with Gasteiger partial charge in [0.15, 0.2) is 0 Å². The van der Waals surface area contributed by atoms with E-state index in [2.05, 4.69) is 42.7 Å². The predicted molar refractivity (Wildman–Crippen MR) is 96.0 cm³/mol. The monoisotopic (exact) mass is 330 g/mol. The van der Waals surface area contributed by atoms with E-state index in [0.717, 1.165) is 45.1 Å². The van der Waals surface area contributed by atoms with Crippen molar-refractivity contribution in [1.29, 1.82) is 0 Å². The summed E-state index contributed by atoms with van der Waals surface area (Å²) >= 11 is 0. The van der Waals surface area contributed by atoms with Crippen LogP contribution < -0.4 is 10.6 Å². The normalized spacial score (nSPS) is 25.8. The molecule has 132 valence electrons. The number of piperidine rings is 1. The van der Waals surface area contributed by atoms with Crippen LogP contribution in [0.25, 0.3) is 0 Å². The minimum atomic E-state index is -0.881. The number of β-amino-alcohol motifs (C(OH)–C–C–N with tert-alkyl or cyclic N) is 1. The largest absolute Gasteiger partial charge is 0.387 e. The van der Waals surface area contributed by atoms with Crippen LogP contribution in [0.2, 0.25) is 0 Å². The summed E-state index contributed by atoms with van der Waals surface area (Å²) in [7, 11) is 0. The van der Waals surface area contributed by atoms with Crippen LogP contribution >= 0.6 is 0 Å². The van der Waals surface area contributed by atoms with Crippen molar-refractivity contribution in [3.05, 3.63) is 34.9 Å². The standard InChI is InChI=1S/C20H30N2O2/c1-15-11-16(2)13-17(12-15)5-10-22-18(23)19(6-3-7-19)20(24)8-4-9-21-14-20/h11-13,21,24H,3-10,14H2,1-2H3,(H,22,23)/t20-/m0/s1. The number of carbonyl (C=O) groups is 1. The van der Waals surface area contributed by atoms with Gasteiger partial charge in [0, 0.05) is 13.1 Å². The number of aryl methyl sites for hydroxylation is 2. The van der Waals surface area contributed by atoms with Gasteiger partial charge in [0.05, 0.1) is 11.0 Å². The summed E-state index contributed by atoms with van der Waals surface area (Å²) in [5.41, 5.74) is 2.31. The second-order valence-corrected chi connectivity index (χ2v) is 7.75. The lowest BCUT2D eigenvalue weighted by Crippen LogP contribution is -2.65. The highest BCUT2D eigenvalue weighted by molar-refractivity contribution is 5.85. The van der Waals surface area contributed by atoms with E-state index >= 15 is 0 Å². The Balaban J connectivity index is 1.61. The minimum Gasteiger partial charge on any atom is -0.387 e. The molecular formula is C20H30N2O2. The second kappa shape index (κ2) is 6.85. The molecule has 0 aromatic heterocycles. The molecule has 4 nitrogen and oxygen atoms in total. The molecular weight excluding hydrogens is 300 g/mol. The van der Waals surface area contributed by atoms with Crippen molar-refractivity contribution in [3.63, 3.8) is 0 Å². The van der Waals surface area contributed by atoms with Crippen molar-refractivity contribution in [1.82, 2.24) is 10.6 Å². The Kier molecular flexibility index (Phi) is 4.97. The zero-order valence-corrected chi connectivity index (χ0v) is 15.0. The predicted octanol–water partition coefficient (Wildman–Crippen LogP) is 2.25. The molecule has 1 aliphatic carbocycles. The molecule has 3 N–H and O–H groups in total. The Hall–Kier alpha value is -1.39. The first-order chi connectivity index (χ1) is 11.5. The van der Waals surface area contributed by atoms with Crippen LogP contribution in [0.15, 0.2) is 18.2 Å². The highest BCUT2D eigenvalue weighted by Crippen LogP contribution is 2.51. The lowest BCUT2D eigenvalue weighted by molar-refractivity contribution is -0.170. The molecule has 1 aromatic carbocycles. The lowest BCUT2D eigenvalue weighted by Gasteiger charge is -2.53. The Labute approximate surface area is 145 Å². The third-order valence-electron chi connectivity index (χ3n) is 5.87. The lowest BCUT2D eigenvalue weighted by atomic mass is 9.56. The third-order valence-corrected chi connectivity index (χ3v) is 5.87. The second-order valence-electron chi connectivity index (χ2n) is 7.75. The van der Waals surface area contributed by atoms with Gasteiger partial charge >= 0.3 is 0 Å². The van der Waals surface area contributed by atoms with Gasteiger partial charge in [-0.15, -0.1) is 0 Å². The van der Waals surface area contributed by atoms with E-state index in [4.69, 9.17) is 0 Å². The van der Waals surface area contributed by atoms with Crippen molar-refractivity contribution in [2.75, 3.05) is 19.6 Å². The molecule has 1 heterocycles. The maximum Gasteiger partial charge on any atom is 0.229 e. The number of amides is 1. The maximum absolute atomic E-state index is 12.9. The molecule has 1 aromatic rings. The number of hydrogen-bond donors (Lipinski definition) is 3. The van der Waals surface area contributed by atoms with Gasteiger partial charge in [-0.05, 0) is 58.1 Å². The fraction of sp³-hybridized carbons (Fsp3) is 0.650. The van der Waals surface area contributed by atoms with Crippen LogP contribution in [0.3, 0.4) is 0 Å². The van der Waals surface area contributed by atoms with Crippen LogP contribution in [0.1, 0.15) is 48.8 Å². The fourth-order valence-corrected chi connectivity index (χ4v) is 4.43. The van der Waals surface area contributed by atoms with Crippen molar-refractivity contribution >= 4 is 5.91 Å². The topological polar surface area (TPSA) is 61.4 Å². The van der Waals surface area contributed by atoms with E-state index in [9.17, 15) is 9.90 Å². The van der Waals surface area contributed by atoms with Gasteiger partial charge in [-0.3, -0.25) is 4.79 Å². The van der Waals surface area contributed by atoms with Gasteiger partial charge in [0.1, 0.15) is 0 Å². The van der Waals surface area contributed by atoms with Gasteiger partial charge in [-0.25, -0.2) is 0 Å². The van der Waals surface area contributed by atoms with E-state index in [1.165, 1.54) is 16.7 Å². The van der Waals surface area contributed by atoms with E-state index < -0.39 is 11.0 Å². The van der Waals surface area contributed by atoms with E-state index in [1.54, 1.807) is 0 Å². The van der Waals surface area contributed by atoms with Gasteiger partial charge in [0.2, 0.25) is 5.91 Å². The molecule has 1 aliphatic heterocycles. The highest BCUT2D eigenvalue weighted by Gasteiger charge is 2.58. The molecule has 1 saturated carbocycles. The van der Waals surface area contributed by atoms with E-state index in [-0.39, 0.29) is 5.91 Å². The molecule has 3 rings (SSSR count). The number of nitrogens with one attached hydrogen (secondary N) is 2. The summed E-state index contributed by atoms with van der Waals surface area (Å²) in [6, 6.07) is 6.52. The molecule has 2 aliphatic rings. The first kappa shape index (κ1) is 17.4. The van der Waals surface area contributed by atoms with Gasteiger partial charge in [-0.1, -0.05) is 35.7 Å². The van der Waals surface area contributed by atoms with Crippen molar-refractivity contribution in [3.8, 4) is 0 Å². The zero-order chi connectivity index (χ0) is 17.2. The minimum absolute atomic E-state index is 0.0457. The Morgan fingerprint density at radius 1 is 1.17 bits per heavy atom. The van der Waals surface area contributed by atoms with Crippen LogP contribution in [0, 0.1) is 19.3 Å². The SMILES string of the molecule is Cc1cc(C)cc(CCNC(=O)C2([C@]3(O)CCCNC3)CCC2)c1. The van der Waals surface area contributed by atoms with Gasteiger partial charge < -0.3 is 15.7 Å². The molecule has 1 amide bonds. The molecule has 0 radical (unpaired) electrons. The molecule has 1 atom stereocenters. The van der Waals surface area contributed by atoms with E-state index in [0.29, 0.717) is 13.1 Å². The van der Waals surface area contributed by atoms with E-state index in [1.807, 2.05) is 0 Å². The first-order valence-electron chi connectivity index (χ1n) is 9.24. The smallest absolute Gasteiger partial charge is 0.229 e. The number of rotatable bonds is 5. The summed E-state index contributed by atoms with van der Waals surface area (Å²) in [5, 5.41) is 17.5. The van der Waals surface area contributed by atoms with Crippen molar-refractivity contribution in [2.24, 2.45) is 5.41 Å². The van der Waals surface area contributed by atoms with Crippen molar-refractivity contribution < 1.29 is 9.90 Å². The molecule has 0 unspecified atom stereocenters. The molecule has 2 fully saturated rings. The van der Waals surface area contributed by atoms with Crippen molar-refractivity contribution in [2.45, 2.75) is 58.0 Å². The van der Waals surface area contributed by atoms with Gasteiger partial charge in [-0.2, -0.15) is 0 Å². The summed E-state index contributed by atoms with van der Waals surface area (Å²) in [6.45, 7) is 6.31. The Morgan fingerprint density at radius 3 is 2.42 bits per heavy atom. The number of hydrogen-bond acceptors (Lipinski definition) is 3. The quantitative estimate of drug-likeness (QED) is 0.776. The fourth-order valence-electron chi connectivity index (χ4n) is 4.43. The Bertz CT molecular complexity index is 581. The average molecular weight is 330 g/mol. The summed E-state index contributed by atoms with van der Waals surface area (Å²) in [4.78, 5) is 12.9. The first-order valence-corrected chi connectivity index (χ1v) is 9.24. The molecule has 1 saturated heterocycles. The maximum atomic E-state index is 12.9. The zero-order valence-electron chi connectivity index (χ0n) is 15.0. The number of aliphatic hydroxyl groups is 1. The Morgan fingerprint density at radius 2 is 1.88 bits per heavy atom. The van der Waals surface area contributed by atoms with Crippen LogP contribution in [-0.4, -0.2) is 36.2 Å².